The van der Waals surface area contributed by atoms with Gasteiger partial charge in [-0.15, -0.1) is 0 Å². The lowest BCUT2D eigenvalue weighted by atomic mass is 10.1. The van der Waals surface area contributed by atoms with Crippen LogP contribution in [0.1, 0.15) is 20.7 Å². The number of anilines is 1. The lowest BCUT2D eigenvalue weighted by Gasteiger charge is -2.05. The molecule has 2 N–H and O–H groups in total. The van der Waals surface area contributed by atoms with E-state index in [1.54, 1.807) is 30.3 Å². The van der Waals surface area contributed by atoms with Crippen molar-refractivity contribution in [3.8, 4) is 0 Å². The summed E-state index contributed by atoms with van der Waals surface area (Å²) in [7, 11) is 1.30. The van der Waals surface area contributed by atoms with E-state index in [9.17, 15) is 14.0 Å². The summed E-state index contributed by atoms with van der Waals surface area (Å²) >= 11 is 0. The number of hydrogen-bond donors (Lipinski definition) is 2. The first-order valence-electron chi connectivity index (χ1n) is 6.85. The van der Waals surface area contributed by atoms with Crippen LogP contribution < -0.4 is 5.32 Å². The molecule has 5 nitrogen and oxygen atoms in total. The van der Waals surface area contributed by atoms with Crippen LogP contribution in [0.15, 0.2) is 48.7 Å². The highest BCUT2D eigenvalue weighted by molar-refractivity contribution is 6.12. The smallest absolute Gasteiger partial charge is 0.337 e. The number of H-pyrrole nitrogens is 1. The fraction of sp³-hybridized carbons (Fsp3) is 0.0588. The zero-order valence-electron chi connectivity index (χ0n) is 12.2. The van der Waals surface area contributed by atoms with E-state index in [4.69, 9.17) is 0 Å². The second kappa shape index (κ2) is 5.92. The maximum Gasteiger partial charge on any atom is 0.337 e. The van der Waals surface area contributed by atoms with Gasteiger partial charge in [-0.1, -0.05) is 0 Å². The minimum Gasteiger partial charge on any atom is -0.465 e. The molecule has 6 heteroatoms. The van der Waals surface area contributed by atoms with Crippen molar-refractivity contribution >= 4 is 28.5 Å². The van der Waals surface area contributed by atoms with Crippen molar-refractivity contribution in [2.45, 2.75) is 0 Å². The number of benzene rings is 2. The molecule has 1 heterocycles. The van der Waals surface area contributed by atoms with Gasteiger partial charge in [0, 0.05) is 22.8 Å². The third kappa shape index (κ3) is 2.91. The first-order chi connectivity index (χ1) is 11.1. The van der Waals surface area contributed by atoms with Crippen LogP contribution in [0.25, 0.3) is 10.9 Å². The van der Waals surface area contributed by atoms with Crippen LogP contribution >= 0.6 is 0 Å². The topological polar surface area (TPSA) is 71.2 Å². The number of esters is 1. The summed E-state index contributed by atoms with van der Waals surface area (Å²) in [5.74, 6) is -1.14. The monoisotopic (exact) mass is 312 g/mol. The third-order valence-corrected chi connectivity index (χ3v) is 3.45. The predicted molar refractivity (Wildman–Crippen MR) is 84.0 cm³/mol. The van der Waals surface area contributed by atoms with Gasteiger partial charge in [0.15, 0.2) is 0 Å². The van der Waals surface area contributed by atoms with Crippen molar-refractivity contribution in [3.63, 3.8) is 0 Å². The normalized spacial score (nSPS) is 10.5. The Morgan fingerprint density at radius 2 is 1.87 bits per heavy atom. The molecule has 0 aliphatic carbocycles. The Kier molecular flexibility index (Phi) is 3.80. The summed E-state index contributed by atoms with van der Waals surface area (Å²) in [6, 6.07) is 10.5. The maximum absolute atomic E-state index is 13.2. The average molecular weight is 312 g/mol. The molecule has 1 amide bonds. The van der Waals surface area contributed by atoms with E-state index in [0.29, 0.717) is 27.7 Å². The summed E-state index contributed by atoms with van der Waals surface area (Å²) < 4.78 is 17.8. The van der Waals surface area contributed by atoms with Gasteiger partial charge in [-0.25, -0.2) is 9.18 Å². The van der Waals surface area contributed by atoms with Crippen LogP contribution in [0.2, 0.25) is 0 Å². The highest BCUT2D eigenvalue weighted by Crippen LogP contribution is 2.20. The van der Waals surface area contributed by atoms with Gasteiger partial charge >= 0.3 is 5.97 Å². The van der Waals surface area contributed by atoms with E-state index in [1.165, 1.54) is 25.4 Å². The Morgan fingerprint density at radius 1 is 1.13 bits per heavy atom. The van der Waals surface area contributed by atoms with Crippen molar-refractivity contribution in [2.24, 2.45) is 0 Å². The molecule has 3 aromatic rings. The van der Waals surface area contributed by atoms with Crippen LogP contribution in [0.4, 0.5) is 10.1 Å². The first kappa shape index (κ1) is 14.8. The zero-order chi connectivity index (χ0) is 16.4. The number of rotatable bonds is 3. The van der Waals surface area contributed by atoms with Crippen molar-refractivity contribution in [1.82, 2.24) is 4.98 Å². The first-order valence-corrected chi connectivity index (χ1v) is 6.85. The van der Waals surface area contributed by atoms with E-state index in [0.717, 1.165) is 0 Å². The van der Waals surface area contributed by atoms with E-state index in [-0.39, 0.29) is 11.7 Å². The Bertz CT molecular complexity index is 884. The summed E-state index contributed by atoms with van der Waals surface area (Å²) in [5, 5.41) is 3.36. The van der Waals surface area contributed by atoms with Gasteiger partial charge in [0.1, 0.15) is 5.82 Å². The number of hydrogen-bond acceptors (Lipinski definition) is 3. The summed E-state index contributed by atoms with van der Waals surface area (Å²) in [6.07, 6.45) is 1.53. The van der Waals surface area contributed by atoms with Gasteiger partial charge in [0.05, 0.1) is 18.2 Å². The number of aromatic amines is 1. The Labute approximate surface area is 131 Å². The van der Waals surface area contributed by atoms with Crippen molar-refractivity contribution in [2.75, 3.05) is 12.4 Å². The molecule has 0 unspecified atom stereocenters. The van der Waals surface area contributed by atoms with Gasteiger partial charge in [0.25, 0.3) is 5.91 Å². The Hall–Kier alpha value is -3.15. The molecule has 0 radical (unpaired) electrons. The standard InChI is InChI=1S/C17H13FN2O3/c1-23-17(22)10-2-5-12(6-3-10)20-16(21)14-9-19-15-8-11(18)4-7-13(14)15/h2-9,19H,1H3,(H,20,21). The Morgan fingerprint density at radius 3 is 2.57 bits per heavy atom. The van der Waals surface area contributed by atoms with Gasteiger partial charge in [0.2, 0.25) is 0 Å². The molecule has 0 saturated heterocycles. The molecule has 116 valence electrons. The van der Waals surface area contributed by atoms with E-state index < -0.39 is 5.97 Å². The van der Waals surface area contributed by atoms with Crippen LogP contribution in [0.5, 0.6) is 0 Å². The number of aromatic nitrogens is 1. The molecule has 23 heavy (non-hydrogen) atoms. The Balaban J connectivity index is 1.82. The SMILES string of the molecule is COC(=O)c1ccc(NC(=O)c2c[nH]c3cc(F)ccc23)cc1. The molecular formula is C17H13FN2O3. The van der Waals surface area contributed by atoms with E-state index >= 15 is 0 Å². The number of halogens is 1. The van der Waals surface area contributed by atoms with Gasteiger partial charge in [-0.3, -0.25) is 4.79 Å². The molecule has 0 saturated carbocycles. The maximum atomic E-state index is 13.2. The van der Waals surface area contributed by atoms with Crippen molar-refractivity contribution in [1.29, 1.82) is 0 Å². The molecule has 0 spiro atoms. The molecule has 2 aromatic carbocycles. The van der Waals surface area contributed by atoms with Crippen LogP contribution in [0, 0.1) is 5.82 Å². The third-order valence-electron chi connectivity index (χ3n) is 3.45. The molecule has 0 atom stereocenters. The van der Waals surface area contributed by atoms with Gasteiger partial charge < -0.3 is 15.0 Å². The fourth-order valence-electron chi connectivity index (χ4n) is 2.29. The number of amides is 1. The van der Waals surface area contributed by atoms with Crippen LogP contribution in [-0.2, 0) is 4.74 Å². The van der Waals surface area contributed by atoms with E-state index in [1.807, 2.05) is 0 Å². The number of fused-ring (bicyclic) bond motifs is 1. The fourth-order valence-corrected chi connectivity index (χ4v) is 2.29. The largest absolute Gasteiger partial charge is 0.465 e. The summed E-state index contributed by atoms with van der Waals surface area (Å²) in [4.78, 5) is 26.6. The second-order valence-electron chi connectivity index (χ2n) is 4.92. The highest BCUT2D eigenvalue weighted by atomic mass is 19.1. The lowest BCUT2D eigenvalue weighted by molar-refractivity contribution is 0.0600. The van der Waals surface area contributed by atoms with Crippen LogP contribution in [-0.4, -0.2) is 24.0 Å². The highest BCUT2D eigenvalue weighted by Gasteiger charge is 2.13. The minimum atomic E-state index is -0.443. The minimum absolute atomic E-state index is 0.325. The summed E-state index contributed by atoms with van der Waals surface area (Å²) in [5.41, 5.74) is 1.90. The van der Waals surface area contributed by atoms with Crippen molar-refractivity contribution in [3.05, 3.63) is 65.6 Å². The number of methoxy groups -OCH3 is 1. The lowest BCUT2D eigenvalue weighted by Crippen LogP contribution is -2.11. The number of ether oxygens (including phenoxy) is 1. The molecule has 0 aliphatic rings. The zero-order valence-corrected chi connectivity index (χ0v) is 12.2. The van der Waals surface area contributed by atoms with Crippen LogP contribution in [0.3, 0.4) is 0 Å². The molecule has 1 aromatic heterocycles. The molecule has 0 bridgehead atoms. The second-order valence-corrected chi connectivity index (χ2v) is 4.92. The van der Waals surface area contributed by atoms with Gasteiger partial charge in [-0.2, -0.15) is 0 Å². The molecule has 0 aliphatic heterocycles. The van der Waals surface area contributed by atoms with Crippen molar-refractivity contribution < 1.29 is 18.7 Å². The predicted octanol–water partition coefficient (Wildman–Crippen LogP) is 3.35. The molecular weight excluding hydrogens is 299 g/mol. The van der Waals surface area contributed by atoms with Gasteiger partial charge in [-0.05, 0) is 42.5 Å². The molecule has 3 rings (SSSR count). The molecule has 0 fully saturated rings. The number of carbonyl (C=O) groups excluding carboxylic acids is 2. The number of nitrogens with one attached hydrogen (secondary N) is 2. The quantitative estimate of drug-likeness (QED) is 0.729. The average Bonchev–Trinajstić information content (AvgIpc) is 2.97. The van der Waals surface area contributed by atoms with E-state index in [2.05, 4.69) is 15.0 Å². The summed E-state index contributed by atoms with van der Waals surface area (Å²) in [6.45, 7) is 0. The number of carbonyl (C=O) groups is 2.